The molecule has 0 bridgehead atoms. The number of hydrogen-bond donors (Lipinski definition) is 3. The van der Waals surface area contributed by atoms with Crippen LogP contribution in [0.1, 0.15) is 26.7 Å². The third-order valence-corrected chi connectivity index (χ3v) is 3.47. The summed E-state index contributed by atoms with van der Waals surface area (Å²) in [5.41, 5.74) is 4.83. The van der Waals surface area contributed by atoms with Gasteiger partial charge in [0.25, 0.3) is 0 Å². The van der Waals surface area contributed by atoms with E-state index < -0.39 is 5.41 Å². The topological polar surface area (TPSA) is 91.0 Å². The highest BCUT2D eigenvalue weighted by Gasteiger charge is 2.54. The molecule has 0 saturated heterocycles. The Bertz CT molecular complexity index is 335. The number of hydrogen-bond acceptors (Lipinski definition) is 4. The van der Waals surface area contributed by atoms with Crippen LogP contribution in [0.25, 0.3) is 0 Å². The molecule has 4 N–H and O–H groups in total. The minimum absolute atomic E-state index is 0.0207. The SMILES string of the molecule is CC(C)C(CN(C)C)NC(=O)C1(C(N)=NO)CC1. The van der Waals surface area contributed by atoms with E-state index >= 15 is 0 Å². The van der Waals surface area contributed by atoms with Gasteiger partial charge in [-0.15, -0.1) is 0 Å². The van der Waals surface area contributed by atoms with Crippen LogP contribution in [0.5, 0.6) is 0 Å². The molecule has 104 valence electrons. The van der Waals surface area contributed by atoms with Crippen molar-refractivity contribution in [3.05, 3.63) is 0 Å². The van der Waals surface area contributed by atoms with Gasteiger partial charge in [0, 0.05) is 12.6 Å². The first-order chi connectivity index (χ1) is 8.33. The fraction of sp³-hybridized carbons (Fsp3) is 0.833. The van der Waals surface area contributed by atoms with E-state index in [1.807, 2.05) is 19.0 Å². The number of carbonyl (C=O) groups is 1. The number of oxime groups is 1. The second-order valence-electron chi connectivity index (χ2n) is 5.65. The van der Waals surface area contributed by atoms with Crippen molar-refractivity contribution in [2.45, 2.75) is 32.7 Å². The lowest BCUT2D eigenvalue weighted by atomic mass is 10.00. The number of nitrogens with two attached hydrogens (primary N) is 1. The molecule has 1 aliphatic carbocycles. The van der Waals surface area contributed by atoms with Gasteiger partial charge >= 0.3 is 0 Å². The quantitative estimate of drug-likeness (QED) is 0.274. The summed E-state index contributed by atoms with van der Waals surface area (Å²) >= 11 is 0. The van der Waals surface area contributed by atoms with Crippen molar-refractivity contribution in [2.75, 3.05) is 20.6 Å². The minimum atomic E-state index is -0.770. The largest absolute Gasteiger partial charge is 0.409 e. The Morgan fingerprint density at radius 1 is 1.50 bits per heavy atom. The molecule has 6 nitrogen and oxygen atoms in total. The predicted molar refractivity (Wildman–Crippen MR) is 70.4 cm³/mol. The molecule has 0 aromatic heterocycles. The van der Waals surface area contributed by atoms with Gasteiger partial charge < -0.3 is 21.2 Å². The molecular weight excluding hydrogens is 232 g/mol. The maximum Gasteiger partial charge on any atom is 0.234 e. The number of carbonyl (C=O) groups excluding carboxylic acids is 1. The zero-order chi connectivity index (χ0) is 13.9. The Morgan fingerprint density at radius 2 is 2.06 bits per heavy atom. The molecule has 1 unspecified atom stereocenters. The summed E-state index contributed by atoms with van der Waals surface area (Å²) in [6.45, 7) is 4.91. The van der Waals surface area contributed by atoms with Gasteiger partial charge in [-0.3, -0.25) is 4.79 Å². The number of amides is 1. The molecule has 0 aliphatic heterocycles. The highest BCUT2D eigenvalue weighted by molar-refractivity contribution is 6.09. The van der Waals surface area contributed by atoms with Gasteiger partial charge in [0.1, 0.15) is 5.41 Å². The van der Waals surface area contributed by atoms with Crippen LogP contribution in [0.2, 0.25) is 0 Å². The summed E-state index contributed by atoms with van der Waals surface area (Å²) in [5.74, 6) is 0.227. The number of amidine groups is 1. The lowest BCUT2D eigenvalue weighted by Crippen LogP contribution is -2.50. The number of nitrogens with zero attached hydrogens (tertiary/aromatic N) is 2. The highest BCUT2D eigenvalue weighted by atomic mass is 16.4. The Labute approximate surface area is 108 Å². The lowest BCUT2D eigenvalue weighted by Gasteiger charge is -2.27. The van der Waals surface area contributed by atoms with Gasteiger partial charge in [-0.1, -0.05) is 19.0 Å². The Balaban J connectivity index is 2.68. The van der Waals surface area contributed by atoms with E-state index in [9.17, 15) is 4.79 Å². The van der Waals surface area contributed by atoms with Crippen LogP contribution >= 0.6 is 0 Å². The molecule has 18 heavy (non-hydrogen) atoms. The van der Waals surface area contributed by atoms with Crippen LogP contribution in [0, 0.1) is 11.3 Å². The average molecular weight is 256 g/mol. The first-order valence-electron chi connectivity index (χ1n) is 6.27. The summed E-state index contributed by atoms with van der Waals surface area (Å²) in [5, 5.41) is 14.7. The lowest BCUT2D eigenvalue weighted by molar-refractivity contribution is -0.125. The first-order valence-corrected chi connectivity index (χ1v) is 6.27. The molecule has 1 saturated carbocycles. The maximum absolute atomic E-state index is 12.2. The van der Waals surface area contributed by atoms with E-state index in [0.29, 0.717) is 18.8 Å². The van der Waals surface area contributed by atoms with E-state index in [1.54, 1.807) is 0 Å². The van der Waals surface area contributed by atoms with E-state index in [0.717, 1.165) is 6.54 Å². The van der Waals surface area contributed by atoms with Crippen molar-refractivity contribution >= 4 is 11.7 Å². The van der Waals surface area contributed by atoms with Crippen LogP contribution in [-0.2, 0) is 4.79 Å². The van der Waals surface area contributed by atoms with Crippen molar-refractivity contribution in [1.29, 1.82) is 0 Å². The van der Waals surface area contributed by atoms with Gasteiger partial charge in [0.15, 0.2) is 5.84 Å². The van der Waals surface area contributed by atoms with Gasteiger partial charge in [-0.05, 0) is 32.9 Å². The molecule has 1 rings (SSSR count). The minimum Gasteiger partial charge on any atom is -0.409 e. The molecule has 1 aliphatic rings. The molecule has 6 heteroatoms. The van der Waals surface area contributed by atoms with E-state index in [-0.39, 0.29) is 17.8 Å². The predicted octanol–water partition coefficient (Wildman–Crippen LogP) is 0.215. The van der Waals surface area contributed by atoms with Crippen molar-refractivity contribution in [3.8, 4) is 0 Å². The van der Waals surface area contributed by atoms with Crippen molar-refractivity contribution in [1.82, 2.24) is 10.2 Å². The first kappa shape index (κ1) is 14.8. The molecule has 1 fully saturated rings. The molecule has 0 radical (unpaired) electrons. The smallest absolute Gasteiger partial charge is 0.234 e. The van der Waals surface area contributed by atoms with Gasteiger partial charge in [0.05, 0.1) is 0 Å². The van der Waals surface area contributed by atoms with E-state index in [4.69, 9.17) is 10.9 Å². The highest BCUT2D eigenvalue weighted by Crippen LogP contribution is 2.46. The van der Waals surface area contributed by atoms with E-state index in [2.05, 4.69) is 24.3 Å². The summed E-state index contributed by atoms with van der Waals surface area (Å²) in [6.07, 6.45) is 1.31. The molecule has 0 aromatic rings. The summed E-state index contributed by atoms with van der Waals surface area (Å²) < 4.78 is 0. The second-order valence-corrected chi connectivity index (χ2v) is 5.65. The number of rotatable bonds is 6. The maximum atomic E-state index is 12.2. The summed E-state index contributed by atoms with van der Waals surface area (Å²) in [4.78, 5) is 14.3. The van der Waals surface area contributed by atoms with Gasteiger partial charge in [0.2, 0.25) is 5.91 Å². The van der Waals surface area contributed by atoms with Gasteiger partial charge in [-0.25, -0.2) is 0 Å². The number of likely N-dealkylation sites (N-methyl/N-ethyl adjacent to an activating group) is 1. The fourth-order valence-corrected chi connectivity index (χ4v) is 1.94. The normalized spacial score (nSPS) is 20.0. The van der Waals surface area contributed by atoms with E-state index in [1.165, 1.54) is 0 Å². The van der Waals surface area contributed by atoms with Crippen LogP contribution in [0.4, 0.5) is 0 Å². The standard InChI is InChI=1S/C12H24N4O2/c1-8(2)9(7-16(3)4)14-11(17)12(5-6-12)10(13)15-18/h8-9,18H,5-7H2,1-4H3,(H2,13,15)(H,14,17). The number of nitrogens with one attached hydrogen (secondary N) is 1. The average Bonchev–Trinajstić information content (AvgIpc) is 3.07. The van der Waals surface area contributed by atoms with Crippen molar-refractivity contribution in [3.63, 3.8) is 0 Å². The van der Waals surface area contributed by atoms with Crippen LogP contribution in [-0.4, -0.2) is 48.5 Å². The zero-order valence-electron chi connectivity index (χ0n) is 11.6. The molecule has 0 spiro atoms. The molecule has 1 atom stereocenters. The molecule has 1 amide bonds. The van der Waals surface area contributed by atoms with Crippen LogP contribution in [0.3, 0.4) is 0 Å². The Kier molecular flexibility index (Phi) is 4.56. The molecular formula is C12H24N4O2. The molecule has 0 aromatic carbocycles. The summed E-state index contributed by atoms with van der Waals surface area (Å²) in [6, 6.07) is 0.0662. The Hall–Kier alpha value is -1.30. The van der Waals surface area contributed by atoms with Crippen molar-refractivity contribution in [2.24, 2.45) is 22.2 Å². The second kappa shape index (κ2) is 5.56. The van der Waals surface area contributed by atoms with Crippen molar-refractivity contribution < 1.29 is 10.0 Å². The van der Waals surface area contributed by atoms with Gasteiger partial charge in [-0.2, -0.15) is 0 Å². The Morgan fingerprint density at radius 3 is 2.39 bits per heavy atom. The third-order valence-electron chi connectivity index (χ3n) is 3.47. The molecule has 0 heterocycles. The fourth-order valence-electron chi connectivity index (χ4n) is 1.94. The third kappa shape index (κ3) is 3.13. The van der Waals surface area contributed by atoms with Crippen LogP contribution < -0.4 is 11.1 Å². The monoisotopic (exact) mass is 256 g/mol. The summed E-state index contributed by atoms with van der Waals surface area (Å²) in [7, 11) is 3.94. The zero-order valence-corrected chi connectivity index (χ0v) is 11.6. The van der Waals surface area contributed by atoms with Crippen LogP contribution in [0.15, 0.2) is 5.16 Å².